The molecule has 2 aromatic rings. The van der Waals surface area contributed by atoms with Gasteiger partial charge in [0, 0.05) is 31.0 Å². The molecule has 2 saturated carbocycles. The van der Waals surface area contributed by atoms with Crippen molar-refractivity contribution in [3.63, 3.8) is 0 Å². The van der Waals surface area contributed by atoms with Gasteiger partial charge in [0.15, 0.2) is 10.6 Å². The number of pyridine rings is 1. The Balaban J connectivity index is 1.33. The lowest BCUT2D eigenvalue weighted by Gasteiger charge is -2.26. The molecule has 1 aromatic heterocycles. The van der Waals surface area contributed by atoms with Gasteiger partial charge in [-0.3, -0.25) is 4.79 Å². The molecule has 2 heterocycles. The van der Waals surface area contributed by atoms with Crippen molar-refractivity contribution >= 4 is 33.3 Å². The smallest absolute Gasteiger partial charge is 0.281 e. The Morgan fingerprint density at radius 2 is 1.92 bits per heavy atom. The second-order valence-electron chi connectivity index (χ2n) is 10.6. The Kier molecular flexibility index (Phi) is 6.68. The normalized spacial score (nSPS) is 23.9. The van der Waals surface area contributed by atoms with E-state index in [1.54, 1.807) is 25.1 Å². The van der Waals surface area contributed by atoms with Crippen LogP contribution in [0.4, 0.5) is 5.82 Å². The van der Waals surface area contributed by atoms with Crippen LogP contribution in [0.1, 0.15) is 69.8 Å². The fraction of sp³-hybridized carbons (Fsp3) is 0.538. The maximum absolute atomic E-state index is 13.2. The minimum Gasteiger partial charge on any atom is -0.477 e. The molecule has 194 valence electrons. The highest BCUT2D eigenvalue weighted by molar-refractivity contribution is 7.90. The number of halogens is 1. The number of sulfonamides is 1. The number of carbonyl (C=O) groups is 1. The van der Waals surface area contributed by atoms with E-state index in [4.69, 9.17) is 16.3 Å². The van der Waals surface area contributed by atoms with Crippen LogP contribution in [0.3, 0.4) is 0 Å². The van der Waals surface area contributed by atoms with Gasteiger partial charge >= 0.3 is 0 Å². The van der Waals surface area contributed by atoms with Crippen LogP contribution >= 0.6 is 11.6 Å². The summed E-state index contributed by atoms with van der Waals surface area (Å²) in [6.45, 7) is 2.66. The maximum Gasteiger partial charge on any atom is 0.281 e. The van der Waals surface area contributed by atoms with Crippen molar-refractivity contribution in [2.75, 3.05) is 18.0 Å². The number of rotatable bonds is 7. The van der Waals surface area contributed by atoms with Crippen LogP contribution in [0, 0.1) is 0 Å². The molecule has 2 aliphatic carbocycles. The number of benzene rings is 1. The summed E-state index contributed by atoms with van der Waals surface area (Å²) in [6.07, 6.45) is 7.03. The Hall–Kier alpha value is -2.36. The molecule has 1 aliphatic heterocycles. The highest BCUT2D eigenvalue weighted by atomic mass is 35.5. The molecule has 36 heavy (non-hydrogen) atoms. The monoisotopic (exact) mass is 533 g/mol. The summed E-state index contributed by atoms with van der Waals surface area (Å²) >= 11 is 6.25. The molecule has 3 fully saturated rings. The third kappa shape index (κ3) is 5.33. The van der Waals surface area contributed by atoms with E-state index in [-0.39, 0.29) is 5.03 Å². The summed E-state index contributed by atoms with van der Waals surface area (Å²) in [5.41, 5.74) is -1.07. The van der Waals surface area contributed by atoms with Gasteiger partial charge in [-0.1, -0.05) is 43.0 Å². The lowest BCUT2D eigenvalue weighted by Crippen LogP contribution is -2.43. The molecule has 1 amide bonds. The van der Waals surface area contributed by atoms with E-state index in [0.717, 1.165) is 31.2 Å². The fourth-order valence-electron chi connectivity index (χ4n) is 5.18. The molecule has 8 nitrogen and oxygen atoms in total. The van der Waals surface area contributed by atoms with Crippen LogP contribution in [0.5, 0.6) is 5.75 Å². The van der Waals surface area contributed by atoms with Gasteiger partial charge in [-0.05, 0) is 61.9 Å². The van der Waals surface area contributed by atoms with Crippen LogP contribution in [0.2, 0.25) is 5.02 Å². The van der Waals surface area contributed by atoms with Crippen LogP contribution in [-0.4, -0.2) is 48.7 Å². The van der Waals surface area contributed by atoms with Crippen LogP contribution in [0.25, 0.3) is 0 Å². The van der Waals surface area contributed by atoms with Crippen molar-refractivity contribution in [3.8, 4) is 5.75 Å². The van der Waals surface area contributed by atoms with Crippen LogP contribution in [-0.2, 0) is 14.8 Å². The Bertz CT molecular complexity index is 1260. The first-order chi connectivity index (χ1) is 17.1. The minimum atomic E-state index is -4.22. The van der Waals surface area contributed by atoms with Crippen molar-refractivity contribution < 1.29 is 23.1 Å². The van der Waals surface area contributed by atoms with Crippen molar-refractivity contribution in [2.24, 2.45) is 0 Å². The number of aromatic nitrogens is 1. The van der Waals surface area contributed by atoms with E-state index in [0.29, 0.717) is 54.9 Å². The molecule has 0 radical (unpaired) electrons. The highest BCUT2D eigenvalue weighted by Crippen LogP contribution is 2.45. The molecule has 3 aliphatic rings. The van der Waals surface area contributed by atoms with Crippen molar-refractivity contribution in [3.05, 3.63) is 47.0 Å². The third-order valence-electron chi connectivity index (χ3n) is 7.43. The molecule has 0 bridgehead atoms. The number of hydrogen-bond acceptors (Lipinski definition) is 7. The van der Waals surface area contributed by atoms with Crippen molar-refractivity contribution in [1.82, 2.24) is 9.71 Å². The van der Waals surface area contributed by atoms with Gasteiger partial charge in [0.05, 0.1) is 5.60 Å². The average molecular weight is 534 g/mol. The van der Waals surface area contributed by atoms with Gasteiger partial charge in [0.1, 0.15) is 11.6 Å². The number of amides is 1. The van der Waals surface area contributed by atoms with Gasteiger partial charge in [-0.25, -0.2) is 9.71 Å². The maximum atomic E-state index is 13.2. The van der Waals surface area contributed by atoms with Gasteiger partial charge in [0.2, 0.25) is 0 Å². The topological polar surface area (TPSA) is 109 Å². The number of nitrogens with zero attached hydrogens (tertiary/aromatic N) is 2. The average Bonchev–Trinajstić information content (AvgIpc) is 3.54. The van der Waals surface area contributed by atoms with Crippen LogP contribution < -0.4 is 14.4 Å². The summed E-state index contributed by atoms with van der Waals surface area (Å²) in [5, 5.41) is 10.5. The lowest BCUT2D eigenvalue weighted by molar-refractivity contribution is -0.128. The second kappa shape index (κ2) is 9.50. The zero-order valence-electron chi connectivity index (χ0n) is 20.4. The zero-order valence-corrected chi connectivity index (χ0v) is 21.9. The van der Waals surface area contributed by atoms with Gasteiger partial charge in [-0.15, -0.1) is 0 Å². The van der Waals surface area contributed by atoms with E-state index in [1.807, 2.05) is 17.0 Å². The predicted octanol–water partition coefficient (Wildman–Crippen LogP) is 4.16. The van der Waals surface area contributed by atoms with Crippen molar-refractivity contribution in [2.45, 2.75) is 80.4 Å². The van der Waals surface area contributed by atoms with E-state index in [2.05, 4.69) is 9.71 Å². The number of β-amino-alcohol motifs (C(OH)–C–C–N with tert-alkyl or cyclic N) is 1. The number of nitrogens with one attached hydrogen (secondary N) is 1. The van der Waals surface area contributed by atoms with E-state index in [1.165, 1.54) is 12.5 Å². The quantitative estimate of drug-likeness (QED) is 0.550. The fourth-order valence-corrected chi connectivity index (χ4v) is 6.35. The summed E-state index contributed by atoms with van der Waals surface area (Å²) < 4.78 is 34.6. The molecule has 2 N–H and O–H groups in total. The molecular formula is C26H32ClN3O5S. The summed E-state index contributed by atoms with van der Waals surface area (Å²) in [4.78, 5) is 19.3. The summed E-state index contributed by atoms with van der Waals surface area (Å²) in [7, 11) is -4.22. The first kappa shape index (κ1) is 25.3. The number of aliphatic hydroxyl groups is 1. The molecule has 10 heteroatoms. The minimum absolute atomic E-state index is 0.249. The third-order valence-corrected chi connectivity index (χ3v) is 8.90. The SMILES string of the molecule is C[C@@]1(O)CCN(c2cccc(S(=O)(=O)NC(=O)C3(Oc4cc(Cl)ccc4C4CCCCC4)CC3)n2)C1. The van der Waals surface area contributed by atoms with Gasteiger partial charge in [-0.2, -0.15) is 8.42 Å². The van der Waals surface area contributed by atoms with Gasteiger partial charge < -0.3 is 14.7 Å². The number of hydrogen-bond donors (Lipinski definition) is 2. The second-order valence-corrected chi connectivity index (χ2v) is 12.6. The standard InChI is InChI=1S/C26H32ClN3O5S/c1-25(32)14-15-30(17-25)22-8-5-9-23(28-22)36(33,34)29-24(31)26(12-13-26)35-21-16-19(27)10-11-20(21)18-6-3-2-4-7-18/h5,8-11,16,18,32H,2-4,6-7,12-15,17H2,1H3,(H,29,31)/t25-/m1/s1. The van der Waals surface area contributed by atoms with E-state index >= 15 is 0 Å². The first-order valence-electron chi connectivity index (χ1n) is 12.6. The lowest BCUT2D eigenvalue weighted by atomic mass is 9.83. The molecule has 0 unspecified atom stereocenters. The largest absolute Gasteiger partial charge is 0.477 e. The summed E-state index contributed by atoms with van der Waals surface area (Å²) in [5.74, 6) is 0.637. The van der Waals surface area contributed by atoms with Gasteiger partial charge in [0.25, 0.3) is 15.9 Å². The molecule has 1 aromatic carbocycles. The zero-order chi connectivity index (χ0) is 25.6. The van der Waals surface area contributed by atoms with Crippen molar-refractivity contribution in [1.29, 1.82) is 0 Å². The molecular weight excluding hydrogens is 502 g/mol. The van der Waals surface area contributed by atoms with E-state index in [9.17, 15) is 18.3 Å². The predicted molar refractivity (Wildman–Crippen MR) is 137 cm³/mol. The molecule has 1 atom stereocenters. The number of carbonyl (C=O) groups excluding carboxylic acids is 1. The number of anilines is 1. The number of ether oxygens (including phenoxy) is 1. The van der Waals surface area contributed by atoms with Crippen LogP contribution in [0.15, 0.2) is 41.4 Å². The summed E-state index contributed by atoms with van der Waals surface area (Å²) in [6, 6.07) is 10.2. The van der Waals surface area contributed by atoms with E-state index < -0.39 is 27.1 Å². The molecule has 1 saturated heterocycles. The Morgan fingerprint density at radius 3 is 2.58 bits per heavy atom. The molecule has 0 spiro atoms. The highest BCUT2D eigenvalue weighted by Gasteiger charge is 2.54. The first-order valence-corrected chi connectivity index (χ1v) is 14.4. The Labute approximate surface area is 217 Å². The Morgan fingerprint density at radius 1 is 1.17 bits per heavy atom. The molecule has 5 rings (SSSR count).